The van der Waals surface area contributed by atoms with Crippen molar-refractivity contribution in [2.45, 2.75) is 43.6 Å². The Bertz CT molecular complexity index is 729. The molecule has 0 aromatic heterocycles. The third kappa shape index (κ3) is 5.65. The molecule has 9 heteroatoms. The van der Waals surface area contributed by atoms with E-state index in [0.717, 1.165) is 19.3 Å². The zero-order chi connectivity index (χ0) is 19.9. The highest BCUT2D eigenvalue weighted by atomic mass is 32.2. The Kier molecular flexibility index (Phi) is 8.03. The molecule has 0 bridgehead atoms. The minimum Gasteiger partial charge on any atom is -0.492 e. The lowest BCUT2D eigenvalue weighted by Gasteiger charge is -2.27. The lowest BCUT2D eigenvalue weighted by Crippen LogP contribution is -2.35. The van der Waals surface area contributed by atoms with Crippen LogP contribution in [0.1, 0.15) is 32.6 Å². The van der Waals surface area contributed by atoms with E-state index in [4.69, 9.17) is 15.2 Å². The van der Waals surface area contributed by atoms with E-state index in [0.29, 0.717) is 25.4 Å². The molecule has 27 heavy (non-hydrogen) atoms. The fourth-order valence-corrected chi connectivity index (χ4v) is 4.66. The lowest BCUT2D eigenvalue weighted by molar-refractivity contribution is -0.118. The van der Waals surface area contributed by atoms with E-state index in [2.05, 4.69) is 5.32 Å². The summed E-state index contributed by atoms with van der Waals surface area (Å²) in [5.74, 6) is -0.00409. The standard InChI is InChI=1S/C18H29N3O5S/c1-3-26-16-8-7-14(20-18(22)12-15(13-19)25-2)11-17(16)27(23,24)21-9-5-4-6-10-21/h7-8,11,15H,3-6,9-10,12-13,19H2,1-2H3,(H,20,22). The number of nitrogens with two attached hydrogens (primary N) is 1. The maximum absolute atomic E-state index is 13.1. The summed E-state index contributed by atoms with van der Waals surface area (Å²) in [4.78, 5) is 12.3. The summed E-state index contributed by atoms with van der Waals surface area (Å²) in [7, 11) is -2.20. The van der Waals surface area contributed by atoms with Crippen LogP contribution in [0.15, 0.2) is 23.1 Å². The van der Waals surface area contributed by atoms with Crippen LogP contribution >= 0.6 is 0 Å². The number of piperidine rings is 1. The van der Waals surface area contributed by atoms with Crippen molar-refractivity contribution in [3.8, 4) is 5.75 Å². The Balaban J connectivity index is 2.26. The molecular formula is C18H29N3O5S. The number of ether oxygens (including phenoxy) is 2. The molecule has 1 aromatic rings. The summed E-state index contributed by atoms with van der Waals surface area (Å²) in [6.07, 6.45) is 2.43. The Labute approximate surface area is 161 Å². The summed E-state index contributed by atoms with van der Waals surface area (Å²) in [6.45, 7) is 3.36. The Hall–Kier alpha value is -1.68. The molecule has 152 valence electrons. The van der Waals surface area contributed by atoms with Crippen LogP contribution in [0.4, 0.5) is 5.69 Å². The average Bonchev–Trinajstić information content (AvgIpc) is 2.68. The molecule has 1 saturated heterocycles. The normalized spacial score (nSPS) is 16.7. The maximum atomic E-state index is 13.1. The minimum absolute atomic E-state index is 0.0752. The first-order valence-electron chi connectivity index (χ1n) is 9.22. The predicted molar refractivity (Wildman–Crippen MR) is 103 cm³/mol. The second kappa shape index (κ2) is 10.0. The van der Waals surface area contributed by atoms with Crippen LogP contribution in [0, 0.1) is 0 Å². The van der Waals surface area contributed by atoms with E-state index >= 15 is 0 Å². The molecule has 2 rings (SSSR count). The maximum Gasteiger partial charge on any atom is 0.246 e. The molecule has 0 aliphatic carbocycles. The molecule has 1 unspecified atom stereocenters. The van der Waals surface area contributed by atoms with Crippen molar-refractivity contribution in [3.63, 3.8) is 0 Å². The van der Waals surface area contributed by atoms with E-state index in [1.807, 2.05) is 0 Å². The van der Waals surface area contributed by atoms with Crippen molar-refractivity contribution < 1.29 is 22.7 Å². The summed E-state index contributed by atoms with van der Waals surface area (Å²) < 4.78 is 38.3. The number of benzene rings is 1. The number of rotatable bonds is 9. The van der Waals surface area contributed by atoms with Gasteiger partial charge in [0.05, 0.1) is 19.1 Å². The van der Waals surface area contributed by atoms with Gasteiger partial charge in [-0.15, -0.1) is 0 Å². The number of sulfonamides is 1. The van der Waals surface area contributed by atoms with E-state index in [9.17, 15) is 13.2 Å². The second-order valence-electron chi connectivity index (χ2n) is 6.40. The SMILES string of the molecule is CCOc1ccc(NC(=O)CC(CN)OC)cc1S(=O)(=O)N1CCCCC1. The quantitative estimate of drug-likeness (QED) is 0.652. The van der Waals surface area contributed by atoms with Gasteiger partial charge < -0.3 is 20.5 Å². The van der Waals surface area contributed by atoms with Crippen LogP contribution in [0.3, 0.4) is 0 Å². The highest BCUT2D eigenvalue weighted by Gasteiger charge is 2.29. The third-order valence-corrected chi connectivity index (χ3v) is 6.39. The van der Waals surface area contributed by atoms with Crippen molar-refractivity contribution >= 4 is 21.6 Å². The Morgan fingerprint density at radius 2 is 2.00 bits per heavy atom. The second-order valence-corrected chi connectivity index (χ2v) is 8.31. The van der Waals surface area contributed by atoms with Gasteiger partial charge in [-0.1, -0.05) is 6.42 Å². The molecule has 1 atom stereocenters. The monoisotopic (exact) mass is 399 g/mol. The average molecular weight is 400 g/mol. The highest BCUT2D eigenvalue weighted by molar-refractivity contribution is 7.89. The minimum atomic E-state index is -3.69. The van der Waals surface area contributed by atoms with Gasteiger partial charge in [0, 0.05) is 32.4 Å². The number of amides is 1. The number of hydrogen-bond donors (Lipinski definition) is 2. The van der Waals surface area contributed by atoms with Crippen molar-refractivity contribution in [2.24, 2.45) is 5.73 Å². The molecule has 0 radical (unpaired) electrons. The van der Waals surface area contributed by atoms with Gasteiger partial charge in [0.2, 0.25) is 15.9 Å². The van der Waals surface area contributed by atoms with Crippen LogP contribution in [0.25, 0.3) is 0 Å². The van der Waals surface area contributed by atoms with Gasteiger partial charge in [0.1, 0.15) is 10.6 Å². The fourth-order valence-electron chi connectivity index (χ4n) is 2.99. The molecule has 1 heterocycles. The molecule has 8 nitrogen and oxygen atoms in total. The molecule has 1 aromatic carbocycles. The number of carbonyl (C=O) groups excluding carboxylic acids is 1. The topological polar surface area (TPSA) is 111 Å². The first kappa shape index (κ1) is 21.6. The van der Waals surface area contributed by atoms with Crippen molar-refractivity contribution in [1.82, 2.24) is 4.31 Å². The molecule has 1 aliphatic heterocycles. The van der Waals surface area contributed by atoms with Crippen LogP contribution in [-0.4, -0.2) is 58.1 Å². The highest BCUT2D eigenvalue weighted by Crippen LogP contribution is 2.31. The third-order valence-electron chi connectivity index (χ3n) is 4.47. The number of carbonyl (C=O) groups is 1. The van der Waals surface area contributed by atoms with Crippen LogP contribution in [-0.2, 0) is 19.6 Å². The summed E-state index contributed by atoms with van der Waals surface area (Å²) >= 11 is 0. The van der Waals surface area contributed by atoms with Gasteiger partial charge in [-0.25, -0.2) is 8.42 Å². The smallest absolute Gasteiger partial charge is 0.246 e. The van der Waals surface area contributed by atoms with Gasteiger partial charge in [0.15, 0.2) is 0 Å². The summed E-state index contributed by atoms with van der Waals surface area (Å²) in [6, 6.07) is 4.66. The van der Waals surface area contributed by atoms with E-state index < -0.39 is 10.0 Å². The molecule has 1 amide bonds. The van der Waals surface area contributed by atoms with Gasteiger partial charge >= 0.3 is 0 Å². The van der Waals surface area contributed by atoms with E-state index in [-0.39, 0.29) is 35.6 Å². The van der Waals surface area contributed by atoms with E-state index in [1.54, 1.807) is 19.1 Å². The largest absolute Gasteiger partial charge is 0.492 e. The molecule has 0 spiro atoms. The summed E-state index contributed by atoms with van der Waals surface area (Å²) in [5, 5.41) is 2.71. The molecular weight excluding hydrogens is 370 g/mol. The number of anilines is 1. The Morgan fingerprint density at radius 3 is 2.59 bits per heavy atom. The van der Waals surface area contributed by atoms with Crippen molar-refractivity contribution in [1.29, 1.82) is 0 Å². The molecule has 3 N–H and O–H groups in total. The molecule has 1 aliphatic rings. The zero-order valence-electron chi connectivity index (χ0n) is 15.9. The molecule has 0 saturated carbocycles. The zero-order valence-corrected chi connectivity index (χ0v) is 16.8. The first-order valence-corrected chi connectivity index (χ1v) is 10.7. The molecule has 1 fully saturated rings. The van der Waals surface area contributed by atoms with Crippen LogP contribution < -0.4 is 15.8 Å². The van der Waals surface area contributed by atoms with Gasteiger partial charge in [-0.3, -0.25) is 4.79 Å². The van der Waals surface area contributed by atoms with Crippen molar-refractivity contribution in [3.05, 3.63) is 18.2 Å². The fraction of sp³-hybridized carbons (Fsp3) is 0.611. The van der Waals surface area contributed by atoms with Gasteiger partial charge in [-0.05, 0) is 38.0 Å². The van der Waals surface area contributed by atoms with Gasteiger partial charge in [-0.2, -0.15) is 4.31 Å². The van der Waals surface area contributed by atoms with Gasteiger partial charge in [0.25, 0.3) is 0 Å². The lowest BCUT2D eigenvalue weighted by atomic mass is 10.2. The summed E-state index contributed by atoms with van der Waals surface area (Å²) in [5.41, 5.74) is 5.93. The van der Waals surface area contributed by atoms with E-state index in [1.165, 1.54) is 17.5 Å². The first-order chi connectivity index (χ1) is 12.9. The number of nitrogens with zero attached hydrogens (tertiary/aromatic N) is 1. The van der Waals surface area contributed by atoms with Crippen molar-refractivity contribution in [2.75, 3.05) is 38.7 Å². The van der Waals surface area contributed by atoms with Crippen LogP contribution in [0.2, 0.25) is 0 Å². The Morgan fingerprint density at radius 1 is 1.30 bits per heavy atom. The number of nitrogens with one attached hydrogen (secondary N) is 1. The predicted octanol–water partition coefficient (Wildman–Crippen LogP) is 1.56. The number of hydrogen-bond acceptors (Lipinski definition) is 6. The number of methoxy groups -OCH3 is 1. The van der Waals surface area contributed by atoms with Crippen LogP contribution in [0.5, 0.6) is 5.75 Å².